The molecule has 0 saturated carbocycles. The predicted molar refractivity (Wildman–Crippen MR) is 83.9 cm³/mol. The molecule has 1 aromatic heterocycles. The van der Waals surface area contributed by atoms with Gasteiger partial charge in [-0.05, 0) is 24.3 Å². The Labute approximate surface area is 130 Å². The quantitative estimate of drug-likeness (QED) is 0.597. The molecule has 6 heteroatoms. The van der Waals surface area contributed by atoms with Crippen molar-refractivity contribution in [3.8, 4) is 0 Å². The number of rotatable bonds is 3. The molecule has 3 rings (SSSR count). The highest BCUT2D eigenvalue weighted by Gasteiger charge is 2.09. The Kier molecular flexibility index (Phi) is 3.97. The van der Waals surface area contributed by atoms with Gasteiger partial charge in [0, 0.05) is 0 Å². The van der Waals surface area contributed by atoms with E-state index < -0.39 is 11.7 Å². The van der Waals surface area contributed by atoms with Gasteiger partial charge in [-0.2, -0.15) is 5.10 Å². The average molecular weight is 310 g/mol. The van der Waals surface area contributed by atoms with Crippen LogP contribution in [0.1, 0.15) is 15.9 Å². The van der Waals surface area contributed by atoms with Crippen molar-refractivity contribution in [2.24, 2.45) is 5.10 Å². The molecule has 0 aliphatic heterocycles. The minimum Gasteiger partial charge on any atom is -0.463 e. The predicted octanol–water partition coefficient (Wildman–Crippen LogP) is 2.70. The highest BCUT2D eigenvalue weighted by molar-refractivity contribution is 5.95. The maximum Gasteiger partial charge on any atom is 0.274 e. The number of halogens is 1. The summed E-state index contributed by atoms with van der Waals surface area (Å²) >= 11 is 0. The third-order valence-corrected chi connectivity index (χ3v) is 3.19. The average Bonchev–Trinajstić information content (AvgIpc) is 2.57. The number of hydrogen-bond acceptors (Lipinski definition) is 4. The van der Waals surface area contributed by atoms with Gasteiger partial charge in [-0.15, -0.1) is 0 Å². The van der Waals surface area contributed by atoms with Gasteiger partial charge in [0.2, 0.25) is 5.43 Å². The van der Waals surface area contributed by atoms with Crippen LogP contribution in [0.3, 0.4) is 0 Å². The van der Waals surface area contributed by atoms with Crippen molar-refractivity contribution < 1.29 is 13.6 Å². The molecule has 114 valence electrons. The first-order valence-corrected chi connectivity index (χ1v) is 6.75. The molecule has 0 atom stereocenters. The number of benzene rings is 2. The maximum atomic E-state index is 13.5. The van der Waals surface area contributed by atoms with Crippen LogP contribution in [0.2, 0.25) is 0 Å². The normalized spacial score (nSPS) is 11.0. The number of carbonyl (C=O) groups excluding carboxylic acids is 1. The number of carbonyl (C=O) groups is 1. The zero-order valence-corrected chi connectivity index (χ0v) is 11.8. The first-order chi connectivity index (χ1) is 11.2. The third-order valence-electron chi connectivity index (χ3n) is 3.19. The number of nitrogens with zero attached hydrogens (tertiary/aromatic N) is 1. The van der Waals surface area contributed by atoms with E-state index in [4.69, 9.17) is 4.42 Å². The van der Waals surface area contributed by atoms with Crippen molar-refractivity contribution in [3.05, 3.63) is 82.0 Å². The van der Waals surface area contributed by atoms with Crippen LogP contribution in [0.5, 0.6) is 0 Å². The lowest BCUT2D eigenvalue weighted by atomic mass is 10.2. The van der Waals surface area contributed by atoms with Crippen LogP contribution in [0.15, 0.2) is 69.1 Å². The van der Waals surface area contributed by atoms with E-state index in [9.17, 15) is 14.0 Å². The molecule has 0 spiro atoms. The van der Waals surface area contributed by atoms with E-state index in [-0.39, 0.29) is 16.6 Å². The highest BCUT2D eigenvalue weighted by atomic mass is 19.1. The van der Waals surface area contributed by atoms with Crippen LogP contribution in [-0.2, 0) is 0 Å². The van der Waals surface area contributed by atoms with Crippen LogP contribution >= 0.6 is 0 Å². The Bertz CT molecular complexity index is 963. The Morgan fingerprint density at radius 1 is 1.13 bits per heavy atom. The second kappa shape index (κ2) is 6.23. The van der Waals surface area contributed by atoms with E-state index in [1.54, 1.807) is 30.3 Å². The van der Waals surface area contributed by atoms with Gasteiger partial charge in [-0.25, -0.2) is 9.82 Å². The Morgan fingerprint density at radius 2 is 1.87 bits per heavy atom. The third kappa shape index (κ3) is 3.01. The topological polar surface area (TPSA) is 71.7 Å². The van der Waals surface area contributed by atoms with Gasteiger partial charge < -0.3 is 4.42 Å². The Morgan fingerprint density at radius 3 is 2.70 bits per heavy atom. The Balaban J connectivity index is 1.81. The SMILES string of the molecule is O=C(N/N=C/c1coc2ccccc2c1=O)c1ccccc1F. The standard InChI is InChI=1S/C17H11FN2O3/c18-14-7-3-1-5-12(14)17(22)20-19-9-11-10-23-15-8-4-2-6-13(15)16(11)21/h1-10H,(H,20,22)/b19-9+. The fourth-order valence-corrected chi connectivity index (χ4v) is 2.05. The van der Waals surface area contributed by atoms with Crippen molar-refractivity contribution in [2.75, 3.05) is 0 Å². The molecule has 0 unspecified atom stereocenters. The summed E-state index contributed by atoms with van der Waals surface area (Å²) in [5, 5.41) is 4.09. The fourth-order valence-electron chi connectivity index (χ4n) is 2.05. The molecular weight excluding hydrogens is 299 g/mol. The van der Waals surface area contributed by atoms with Crippen LogP contribution in [0.4, 0.5) is 4.39 Å². The Hall–Kier alpha value is -3.28. The van der Waals surface area contributed by atoms with Crippen molar-refractivity contribution >= 4 is 23.1 Å². The van der Waals surface area contributed by atoms with Gasteiger partial charge in [-0.1, -0.05) is 24.3 Å². The lowest BCUT2D eigenvalue weighted by Gasteiger charge is -2.01. The maximum absolute atomic E-state index is 13.5. The summed E-state index contributed by atoms with van der Waals surface area (Å²) in [4.78, 5) is 24.0. The summed E-state index contributed by atoms with van der Waals surface area (Å²) in [6.45, 7) is 0. The van der Waals surface area contributed by atoms with E-state index in [2.05, 4.69) is 10.5 Å². The summed E-state index contributed by atoms with van der Waals surface area (Å²) in [5.74, 6) is -1.35. The number of amides is 1. The molecule has 0 bridgehead atoms. The van der Waals surface area contributed by atoms with Gasteiger partial charge in [0.1, 0.15) is 17.7 Å². The van der Waals surface area contributed by atoms with Gasteiger partial charge in [0.15, 0.2) is 0 Å². The molecule has 0 aliphatic rings. The highest BCUT2D eigenvalue weighted by Crippen LogP contribution is 2.09. The largest absolute Gasteiger partial charge is 0.463 e. The van der Waals surface area contributed by atoms with E-state index in [0.717, 1.165) is 6.21 Å². The summed E-state index contributed by atoms with van der Waals surface area (Å²) in [6.07, 6.45) is 2.42. The molecule has 3 aromatic rings. The van der Waals surface area contributed by atoms with Gasteiger partial charge >= 0.3 is 0 Å². The van der Waals surface area contributed by atoms with Crippen molar-refractivity contribution in [1.82, 2.24) is 5.43 Å². The van der Waals surface area contributed by atoms with Crippen LogP contribution in [0.25, 0.3) is 11.0 Å². The van der Waals surface area contributed by atoms with E-state index >= 15 is 0 Å². The van der Waals surface area contributed by atoms with Crippen LogP contribution < -0.4 is 10.9 Å². The summed E-state index contributed by atoms with van der Waals surface area (Å²) in [5.41, 5.74) is 2.42. The van der Waals surface area contributed by atoms with E-state index in [1.165, 1.54) is 24.5 Å². The fraction of sp³-hybridized carbons (Fsp3) is 0. The molecule has 1 N–H and O–H groups in total. The number of hydrazone groups is 1. The van der Waals surface area contributed by atoms with E-state index in [0.29, 0.717) is 11.0 Å². The second-order valence-corrected chi connectivity index (χ2v) is 4.70. The molecule has 0 radical (unpaired) electrons. The number of nitrogens with one attached hydrogen (secondary N) is 1. The molecule has 0 saturated heterocycles. The minimum atomic E-state index is -0.704. The monoisotopic (exact) mass is 310 g/mol. The first kappa shape index (κ1) is 14.6. The minimum absolute atomic E-state index is 0.129. The zero-order chi connectivity index (χ0) is 16.2. The zero-order valence-electron chi connectivity index (χ0n) is 11.8. The summed E-state index contributed by atoms with van der Waals surface area (Å²) in [6, 6.07) is 12.3. The molecule has 0 fully saturated rings. The molecule has 1 amide bonds. The molecule has 1 heterocycles. The second-order valence-electron chi connectivity index (χ2n) is 4.70. The first-order valence-electron chi connectivity index (χ1n) is 6.75. The lowest BCUT2D eigenvalue weighted by molar-refractivity contribution is 0.0951. The number of para-hydroxylation sites is 1. The molecule has 23 heavy (non-hydrogen) atoms. The van der Waals surface area contributed by atoms with Gasteiger partial charge in [0.05, 0.1) is 22.7 Å². The summed E-state index contributed by atoms with van der Waals surface area (Å²) in [7, 11) is 0. The van der Waals surface area contributed by atoms with Crippen molar-refractivity contribution in [2.45, 2.75) is 0 Å². The molecule has 2 aromatic carbocycles. The van der Waals surface area contributed by atoms with E-state index in [1.807, 2.05) is 0 Å². The van der Waals surface area contributed by atoms with Crippen LogP contribution in [0, 0.1) is 5.82 Å². The molecule has 0 aliphatic carbocycles. The molecular formula is C17H11FN2O3. The lowest BCUT2D eigenvalue weighted by Crippen LogP contribution is -2.19. The van der Waals surface area contributed by atoms with Crippen LogP contribution in [-0.4, -0.2) is 12.1 Å². The number of fused-ring (bicyclic) bond motifs is 1. The van der Waals surface area contributed by atoms with Crippen molar-refractivity contribution in [1.29, 1.82) is 0 Å². The summed E-state index contributed by atoms with van der Waals surface area (Å²) < 4.78 is 18.8. The molecule has 5 nitrogen and oxygen atoms in total. The number of hydrogen-bond donors (Lipinski definition) is 1. The van der Waals surface area contributed by atoms with Gasteiger partial charge in [0.25, 0.3) is 5.91 Å². The van der Waals surface area contributed by atoms with Crippen molar-refractivity contribution in [3.63, 3.8) is 0 Å². The smallest absolute Gasteiger partial charge is 0.274 e. The van der Waals surface area contributed by atoms with Gasteiger partial charge in [-0.3, -0.25) is 9.59 Å².